The summed E-state index contributed by atoms with van der Waals surface area (Å²) in [5.41, 5.74) is 4.99. The topological polar surface area (TPSA) is 78.1 Å². The van der Waals surface area contributed by atoms with Gasteiger partial charge in [0.2, 0.25) is 0 Å². The maximum atomic E-state index is 14.1. The third-order valence-electron chi connectivity index (χ3n) is 5.21. The van der Waals surface area contributed by atoms with Crippen molar-refractivity contribution in [2.45, 2.75) is 13.5 Å². The van der Waals surface area contributed by atoms with Crippen molar-refractivity contribution in [2.24, 2.45) is 0 Å². The number of thiophene rings is 1. The Labute approximate surface area is 176 Å². The van der Waals surface area contributed by atoms with Crippen molar-refractivity contribution in [1.29, 1.82) is 5.41 Å². The Kier molecular flexibility index (Phi) is 5.13. The first kappa shape index (κ1) is 19.8. The molecule has 0 atom stereocenters. The van der Waals surface area contributed by atoms with Crippen LogP contribution in [0.25, 0.3) is 37.7 Å². The minimum absolute atomic E-state index is 0.183. The number of carbonyl (C=O) groups is 1. The van der Waals surface area contributed by atoms with Gasteiger partial charge in [-0.05, 0) is 42.1 Å². The number of nitrogens with one attached hydrogen (secondary N) is 2. The molecule has 0 aliphatic carbocycles. The molecule has 0 saturated heterocycles. The fraction of sp³-hybridized carbons (Fsp3) is 0.130. The molecule has 0 unspecified atom stereocenters. The van der Waals surface area contributed by atoms with Crippen LogP contribution in [0.1, 0.15) is 11.3 Å². The van der Waals surface area contributed by atoms with Crippen molar-refractivity contribution < 1.29 is 14.3 Å². The van der Waals surface area contributed by atoms with Gasteiger partial charge in [-0.25, -0.2) is 4.39 Å². The second kappa shape index (κ2) is 7.76. The predicted octanol–water partition coefficient (Wildman–Crippen LogP) is 5.26. The number of fused-ring (bicyclic) bond motifs is 2. The van der Waals surface area contributed by atoms with Gasteiger partial charge in [-0.2, -0.15) is 0 Å². The summed E-state index contributed by atoms with van der Waals surface area (Å²) in [5.74, 6) is -1.30. The Morgan fingerprint density at radius 2 is 2.07 bits per heavy atom. The van der Waals surface area contributed by atoms with Crippen molar-refractivity contribution in [1.82, 2.24) is 9.88 Å². The standard InChI is InChI=1S/C23H20FN3O2S/c1-13-23(18-8-16(24)4-6-20(18)27(13)11-22(28)29)19-12-30-21-7-14(3-5-17(19)21)15(9-25)10-26-2/h3-10,12,25-26H,11H2,1-2H3,(H,28,29)/b15-10+,25-9?. The van der Waals surface area contributed by atoms with E-state index in [2.05, 4.69) is 5.32 Å². The van der Waals surface area contributed by atoms with Crippen molar-refractivity contribution in [3.8, 4) is 11.1 Å². The molecule has 0 fully saturated rings. The zero-order chi connectivity index (χ0) is 21.4. The van der Waals surface area contributed by atoms with Crippen LogP contribution in [-0.2, 0) is 11.3 Å². The number of hydrogen-bond donors (Lipinski definition) is 3. The fourth-order valence-electron chi connectivity index (χ4n) is 3.90. The first-order chi connectivity index (χ1) is 14.4. The Balaban J connectivity index is 1.95. The van der Waals surface area contributed by atoms with Crippen LogP contribution in [-0.4, -0.2) is 28.9 Å². The number of hydrogen-bond acceptors (Lipinski definition) is 4. The van der Waals surface area contributed by atoms with Crippen LogP contribution >= 0.6 is 11.3 Å². The number of carboxylic acids is 1. The largest absolute Gasteiger partial charge is 0.480 e. The molecule has 0 amide bonds. The van der Waals surface area contributed by atoms with Crippen molar-refractivity contribution in [3.05, 3.63) is 65.1 Å². The average Bonchev–Trinajstić information content (AvgIpc) is 3.24. The minimum Gasteiger partial charge on any atom is -0.480 e. The summed E-state index contributed by atoms with van der Waals surface area (Å²) in [6, 6.07) is 10.5. The molecule has 0 spiro atoms. The number of allylic oxidation sites excluding steroid dienone is 1. The molecule has 0 aliphatic heterocycles. The number of nitrogens with zero attached hydrogens (tertiary/aromatic N) is 1. The summed E-state index contributed by atoms with van der Waals surface area (Å²) in [7, 11) is 1.79. The smallest absolute Gasteiger partial charge is 0.323 e. The van der Waals surface area contributed by atoms with E-state index in [0.29, 0.717) is 10.9 Å². The van der Waals surface area contributed by atoms with Crippen LogP contribution in [0.2, 0.25) is 0 Å². The highest BCUT2D eigenvalue weighted by Crippen LogP contribution is 2.41. The molecule has 0 radical (unpaired) electrons. The van der Waals surface area contributed by atoms with Gasteiger partial charge >= 0.3 is 5.97 Å². The van der Waals surface area contributed by atoms with E-state index in [1.165, 1.54) is 18.3 Å². The van der Waals surface area contributed by atoms with Gasteiger partial charge < -0.3 is 20.4 Å². The first-order valence-electron chi connectivity index (χ1n) is 9.34. The molecule has 0 saturated carbocycles. The van der Waals surface area contributed by atoms with Gasteiger partial charge in [-0.15, -0.1) is 11.3 Å². The molecule has 0 aliphatic rings. The van der Waals surface area contributed by atoms with E-state index >= 15 is 0 Å². The van der Waals surface area contributed by atoms with Gasteiger partial charge in [0.05, 0.1) is 0 Å². The summed E-state index contributed by atoms with van der Waals surface area (Å²) in [6.07, 6.45) is 3.08. The zero-order valence-electron chi connectivity index (χ0n) is 16.5. The summed E-state index contributed by atoms with van der Waals surface area (Å²) in [5, 5.41) is 23.7. The van der Waals surface area contributed by atoms with Crippen LogP contribution in [0.5, 0.6) is 0 Å². The number of carboxylic acid groups (broad SMARTS) is 1. The highest BCUT2D eigenvalue weighted by molar-refractivity contribution is 7.17. The number of halogens is 1. The number of aliphatic carboxylic acids is 1. The van der Waals surface area contributed by atoms with E-state index in [1.807, 2.05) is 30.5 Å². The molecule has 30 heavy (non-hydrogen) atoms. The van der Waals surface area contributed by atoms with Crippen LogP contribution < -0.4 is 5.32 Å². The average molecular weight is 421 g/mol. The Morgan fingerprint density at radius 3 is 2.77 bits per heavy atom. The lowest BCUT2D eigenvalue weighted by molar-refractivity contribution is -0.137. The highest BCUT2D eigenvalue weighted by Gasteiger charge is 2.20. The summed E-state index contributed by atoms with van der Waals surface area (Å²) < 4.78 is 16.8. The maximum Gasteiger partial charge on any atom is 0.323 e. The number of benzene rings is 2. The fourth-order valence-corrected chi connectivity index (χ4v) is 4.89. The summed E-state index contributed by atoms with van der Waals surface area (Å²) in [4.78, 5) is 11.4. The molecule has 2 aromatic heterocycles. The third kappa shape index (κ3) is 3.27. The molecule has 7 heteroatoms. The van der Waals surface area contributed by atoms with Gasteiger partial charge in [0.25, 0.3) is 0 Å². The van der Waals surface area contributed by atoms with E-state index in [9.17, 15) is 14.3 Å². The van der Waals surface area contributed by atoms with Gasteiger partial charge in [-0.1, -0.05) is 12.1 Å². The molecule has 4 aromatic rings. The lowest BCUT2D eigenvalue weighted by atomic mass is 9.99. The van der Waals surface area contributed by atoms with E-state index < -0.39 is 5.97 Å². The second-order valence-electron chi connectivity index (χ2n) is 6.99. The minimum atomic E-state index is -0.943. The number of rotatable bonds is 6. The van der Waals surface area contributed by atoms with Crippen molar-refractivity contribution in [3.63, 3.8) is 0 Å². The normalized spacial score (nSPS) is 11.9. The lowest BCUT2D eigenvalue weighted by Gasteiger charge is -2.06. The van der Waals surface area contributed by atoms with E-state index in [4.69, 9.17) is 5.41 Å². The molecule has 0 bridgehead atoms. The monoisotopic (exact) mass is 421 g/mol. The van der Waals surface area contributed by atoms with E-state index in [0.717, 1.165) is 38.0 Å². The van der Waals surface area contributed by atoms with Gasteiger partial charge in [0.15, 0.2) is 0 Å². The van der Waals surface area contributed by atoms with Crippen molar-refractivity contribution in [2.75, 3.05) is 7.05 Å². The summed E-state index contributed by atoms with van der Waals surface area (Å²) in [6.45, 7) is 1.69. The number of aromatic nitrogens is 1. The molecule has 2 aromatic carbocycles. The molecule has 4 rings (SSSR count). The van der Waals surface area contributed by atoms with Gasteiger partial charge in [0.1, 0.15) is 12.4 Å². The molecule has 152 valence electrons. The summed E-state index contributed by atoms with van der Waals surface area (Å²) >= 11 is 1.57. The quantitative estimate of drug-likeness (QED) is 0.371. The molecular weight excluding hydrogens is 401 g/mol. The Morgan fingerprint density at radius 1 is 1.27 bits per heavy atom. The molecule has 2 heterocycles. The zero-order valence-corrected chi connectivity index (χ0v) is 17.3. The molecule has 3 N–H and O–H groups in total. The maximum absolute atomic E-state index is 14.1. The third-order valence-corrected chi connectivity index (χ3v) is 6.16. The molecule has 5 nitrogen and oxygen atoms in total. The van der Waals surface area contributed by atoms with Crippen LogP contribution in [0, 0.1) is 18.2 Å². The Hall–Kier alpha value is -3.45. The van der Waals surface area contributed by atoms with Crippen LogP contribution in [0.4, 0.5) is 4.39 Å². The van der Waals surface area contributed by atoms with Gasteiger partial charge in [0, 0.05) is 62.8 Å². The van der Waals surface area contributed by atoms with Crippen molar-refractivity contribution >= 4 is 50.1 Å². The van der Waals surface area contributed by atoms with Crippen LogP contribution in [0.15, 0.2) is 48.0 Å². The van der Waals surface area contributed by atoms with Gasteiger partial charge in [-0.3, -0.25) is 4.79 Å². The lowest BCUT2D eigenvalue weighted by Crippen LogP contribution is -2.09. The second-order valence-corrected chi connectivity index (χ2v) is 7.91. The molecular formula is C23H20FN3O2S. The SMILES string of the molecule is CN/C=C(\C=N)c1ccc2c(-c3c(C)n(CC(=O)O)c4ccc(F)cc34)csc2c1. The first-order valence-corrected chi connectivity index (χ1v) is 10.2. The van der Waals surface area contributed by atoms with Crippen LogP contribution in [0.3, 0.4) is 0 Å². The van der Waals surface area contributed by atoms with E-state index in [1.54, 1.807) is 35.2 Å². The predicted molar refractivity (Wildman–Crippen MR) is 121 cm³/mol. The highest BCUT2D eigenvalue weighted by atomic mass is 32.1. The Bertz CT molecular complexity index is 1330. The van der Waals surface area contributed by atoms with E-state index in [-0.39, 0.29) is 12.4 Å².